The Morgan fingerprint density at radius 3 is 2.67 bits per heavy atom. The van der Waals surface area contributed by atoms with Gasteiger partial charge < -0.3 is 20.5 Å². The Bertz CT molecular complexity index is 1280. The number of ether oxygens (including phenoxy) is 2. The molecule has 2 heterocycles. The second-order valence-corrected chi connectivity index (χ2v) is 9.72. The van der Waals surface area contributed by atoms with Crippen LogP contribution < -0.4 is 15.8 Å². The zero-order valence-corrected chi connectivity index (χ0v) is 22.9. The SMILES string of the molecule is CCOCC1(NC(=O)c2c(F)c(Cl)cc([C@H](C)c3nc(C)c4c(N)nccn34)c2OC(C)C)CC1.S. The highest BCUT2D eigenvalue weighted by molar-refractivity contribution is 7.59. The molecule has 1 atom stereocenters. The average molecular weight is 538 g/mol. The Hall–Kier alpha value is -2.56. The number of nitrogens with two attached hydrogens (primary N) is 1. The number of carbonyl (C=O) groups excluding carboxylic acids is 1. The predicted molar refractivity (Wildman–Crippen MR) is 143 cm³/mol. The number of nitrogens with zero attached hydrogens (tertiary/aromatic N) is 3. The number of nitrogens with one attached hydrogen (secondary N) is 1. The van der Waals surface area contributed by atoms with Gasteiger partial charge in [-0.2, -0.15) is 13.5 Å². The van der Waals surface area contributed by atoms with E-state index in [0.29, 0.717) is 41.6 Å². The van der Waals surface area contributed by atoms with Crippen molar-refractivity contribution in [2.75, 3.05) is 18.9 Å². The van der Waals surface area contributed by atoms with Gasteiger partial charge in [-0.15, -0.1) is 0 Å². The van der Waals surface area contributed by atoms with E-state index in [1.165, 1.54) is 6.07 Å². The zero-order chi connectivity index (χ0) is 25.5. The molecule has 1 aliphatic carbocycles. The monoisotopic (exact) mass is 537 g/mol. The second-order valence-electron chi connectivity index (χ2n) is 9.31. The Morgan fingerprint density at radius 1 is 1.36 bits per heavy atom. The van der Waals surface area contributed by atoms with Gasteiger partial charge in [0.05, 0.1) is 29.0 Å². The van der Waals surface area contributed by atoms with E-state index in [-0.39, 0.29) is 35.9 Å². The summed E-state index contributed by atoms with van der Waals surface area (Å²) in [6.07, 6.45) is 4.57. The summed E-state index contributed by atoms with van der Waals surface area (Å²) < 4.78 is 28.9. The number of hydrogen-bond donors (Lipinski definition) is 2. The van der Waals surface area contributed by atoms with Crippen molar-refractivity contribution in [3.8, 4) is 5.75 Å². The molecule has 1 amide bonds. The Balaban J connectivity index is 0.00000361. The van der Waals surface area contributed by atoms with Gasteiger partial charge in [-0.3, -0.25) is 9.20 Å². The molecule has 1 fully saturated rings. The lowest BCUT2D eigenvalue weighted by molar-refractivity contribution is 0.0822. The first-order valence-corrected chi connectivity index (χ1v) is 12.1. The number of carbonyl (C=O) groups is 1. The number of nitrogen functional groups attached to an aromatic ring is 1. The molecule has 0 radical (unpaired) electrons. The summed E-state index contributed by atoms with van der Waals surface area (Å²) in [6, 6.07) is 1.50. The number of imidazole rings is 1. The van der Waals surface area contributed by atoms with Crippen molar-refractivity contribution in [1.82, 2.24) is 19.7 Å². The number of hydrogen-bond acceptors (Lipinski definition) is 6. The van der Waals surface area contributed by atoms with Gasteiger partial charge in [-0.1, -0.05) is 18.5 Å². The van der Waals surface area contributed by atoms with E-state index < -0.39 is 23.2 Å². The highest BCUT2D eigenvalue weighted by Crippen LogP contribution is 2.41. The molecule has 1 saturated carbocycles. The Morgan fingerprint density at radius 2 is 2.06 bits per heavy atom. The van der Waals surface area contributed by atoms with Crippen LogP contribution in [-0.4, -0.2) is 45.1 Å². The molecular formula is C25H33ClFN5O3S. The first-order chi connectivity index (χ1) is 16.6. The van der Waals surface area contributed by atoms with Crippen LogP contribution in [0, 0.1) is 12.7 Å². The lowest BCUT2D eigenvalue weighted by Crippen LogP contribution is -2.41. The smallest absolute Gasteiger partial charge is 0.258 e. The van der Waals surface area contributed by atoms with Gasteiger partial charge in [0, 0.05) is 30.5 Å². The third kappa shape index (κ3) is 5.26. The fourth-order valence-electron chi connectivity index (χ4n) is 4.29. The Labute approximate surface area is 222 Å². The zero-order valence-electron chi connectivity index (χ0n) is 21.1. The Kier molecular flexibility index (Phi) is 8.42. The van der Waals surface area contributed by atoms with Crippen molar-refractivity contribution >= 4 is 42.3 Å². The van der Waals surface area contributed by atoms with Crippen LogP contribution in [0.2, 0.25) is 5.02 Å². The third-order valence-corrected chi connectivity index (χ3v) is 6.51. The van der Waals surface area contributed by atoms with Gasteiger partial charge in [0.2, 0.25) is 0 Å². The van der Waals surface area contributed by atoms with E-state index in [9.17, 15) is 4.79 Å². The van der Waals surface area contributed by atoms with Crippen LogP contribution in [0.25, 0.3) is 5.52 Å². The fraction of sp³-hybridized carbons (Fsp3) is 0.480. The average Bonchev–Trinajstić information content (AvgIpc) is 3.47. The number of anilines is 1. The van der Waals surface area contributed by atoms with Crippen molar-refractivity contribution in [2.45, 2.75) is 65.0 Å². The molecule has 0 spiro atoms. The van der Waals surface area contributed by atoms with E-state index >= 15 is 4.39 Å². The third-order valence-electron chi connectivity index (χ3n) is 6.23. The number of amides is 1. The number of aryl methyl sites for hydroxylation is 1. The second kappa shape index (κ2) is 10.8. The number of halogens is 2. The largest absolute Gasteiger partial charge is 0.490 e. The first kappa shape index (κ1) is 28.0. The summed E-state index contributed by atoms with van der Waals surface area (Å²) in [5.74, 6) is -0.658. The molecule has 36 heavy (non-hydrogen) atoms. The lowest BCUT2D eigenvalue weighted by atomic mass is 9.95. The molecule has 0 bridgehead atoms. The maximum Gasteiger partial charge on any atom is 0.258 e. The van der Waals surface area contributed by atoms with Crippen molar-refractivity contribution < 1.29 is 18.7 Å². The van der Waals surface area contributed by atoms with Crippen LogP contribution in [0.5, 0.6) is 5.75 Å². The van der Waals surface area contributed by atoms with E-state index in [0.717, 1.165) is 12.8 Å². The molecule has 4 rings (SSSR count). The van der Waals surface area contributed by atoms with Gasteiger partial charge in [0.25, 0.3) is 5.91 Å². The number of rotatable bonds is 9. The molecule has 1 aromatic carbocycles. The van der Waals surface area contributed by atoms with Crippen molar-refractivity contribution in [3.05, 3.63) is 51.9 Å². The molecule has 196 valence electrons. The van der Waals surface area contributed by atoms with Crippen LogP contribution in [0.4, 0.5) is 10.2 Å². The van der Waals surface area contributed by atoms with E-state index in [1.807, 2.05) is 39.0 Å². The molecule has 0 unspecified atom stereocenters. The fourth-order valence-corrected chi connectivity index (χ4v) is 4.50. The molecule has 3 N–H and O–H groups in total. The van der Waals surface area contributed by atoms with Gasteiger partial charge in [0.1, 0.15) is 28.5 Å². The van der Waals surface area contributed by atoms with Crippen LogP contribution in [0.15, 0.2) is 18.5 Å². The quantitative estimate of drug-likeness (QED) is 0.408. The molecule has 0 saturated heterocycles. The summed E-state index contributed by atoms with van der Waals surface area (Å²) in [6.45, 7) is 10.2. The van der Waals surface area contributed by atoms with Crippen LogP contribution in [0.3, 0.4) is 0 Å². The normalized spacial score (nSPS) is 15.0. The van der Waals surface area contributed by atoms with Gasteiger partial charge in [-0.05, 0) is 46.6 Å². The molecule has 0 aliphatic heterocycles. The maximum atomic E-state index is 15.4. The molecular weight excluding hydrogens is 505 g/mol. The minimum Gasteiger partial charge on any atom is -0.490 e. The number of benzene rings is 1. The maximum absolute atomic E-state index is 15.4. The minimum absolute atomic E-state index is 0. The molecule has 3 aromatic rings. The molecule has 2 aromatic heterocycles. The predicted octanol–water partition coefficient (Wildman–Crippen LogP) is 4.76. The first-order valence-electron chi connectivity index (χ1n) is 11.8. The number of aromatic nitrogens is 3. The summed E-state index contributed by atoms with van der Waals surface area (Å²) in [5.41, 5.74) is 7.32. The van der Waals surface area contributed by atoms with Crippen molar-refractivity contribution in [1.29, 1.82) is 0 Å². The standard InChI is InChI=1S/C25H31ClFN5O3.H2S/c1-6-34-12-25(7-8-25)31-24(33)18-19(27)17(26)11-16(21(18)35-13(2)3)14(4)23-30-15(5)20-22(28)29-9-10-32(20)23;/h9-11,13-14H,6-8,12H2,1-5H3,(H2,28,29)(H,31,33);1H2/t14-;/m0./s1. The van der Waals surface area contributed by atoms with Crippen LogP contribution >= 0.6 is 25.1 Å². The van der Waals surface area contributed by atoms with Crippen LogP contribution in [0.1, 0.15) is 73.9 Å². The summed E-state index contributed by atoms with van der Waals surface area (Å²) in [4.78, 5) is 22.3. The topological polar surface area (TPSA) is 104 Å². The lowest BCUT2D eigenvalue weighted by Gasteiger charge is -2.24. The van der Waals surface area contributed by atoms with Crippen molar-refractivity contribution in [3.63, 3.8) is 0 Å². The van der Waals surface area contributed by atoms with Crippen LogP contribution in [-0.2, 0) is 4.74 Å². The highest BCUT2D eigenvalue weighted by Gasteiger charge is 2.45. The van der Waals surface area contributed by atoms with Gasteiger partial charge in [0.15, 0.2) is 5.82 Å². The van der Waals surface area contributed by atoms with E-state index in [1.54, 1.807) is 12.4 Å². The summed E-state index contributed by atoms with van der Waals surface area (Å²) in [7, 11) is 0. The van der Waals surface area contributed by atoms with Crippen molar-refractivity contribution in [2.24, 2.45) is 0 Å². The van der Waals surface area contributed by atoms with E-state index in [4.69, 9.17) is 31.8 Å². The van der Waals surface area contributed by atoms with Gasteiger partial charge in [-0.25, -0.2) is 14.4 Å². The highest BCUT2D eigenvalue weighted by atomic mass is 35.5. The number of fused-ring (bicyclic) bond motifs is 1. The molecule has 1 aliphatic rings. The molecule has 8 nitrogen and oxygen atoms in total. The summed E-state index contributed by atoms with van der Waals surface area (Å²) in [5, 5.41) is 2.79. The minimum atomic E-state index is -0.819. The summed E-state index contributed by atoms with van der Waals surface area (Å²) >= 11 is 6.33. The van der Waals surface area contributed by atoms with E-state index in [2.05, 4.69) is 10.3 Å². The van der Waals surface area contributed by atoms with Gasteiger partial charge >= 0.3 is 0 Å². The molecule has 11 heteroatoms.